The largest absolute Gasteiger partial charge is 0.382 e. The lowest BCUT2D eigenvalue weighted by atomic mass is 10.0. The van der Waals surface area contributed by atoms with Gasteiger partial charge >= 0.3 is 0 Å². The second-order valence-corrected chi connectivity index (χ2v) is 5.53. The summed E-state index contributed by atoms with van der Waals surface area (Å²) in [6.07, 6.45) is 12.3. The molecular weight excluding hydrogens is 230 g/mol. The van der Waals surface area contributed by atoms with Crippen molar-refractivity contribution >= 4 is 5.69 Å². The number of hydrogen-bond donors (Lipinski definition) is 1. The molecule has 0 saturated heterocycles. The van der Waals surface area contributed by atoms with E-state index >= 15 is 0 Å². The second-order valence-electron chi connectivity index (χ2n) is 5.53. The van der Waals surface area contributed by atoms with E-state index in [2.05, 4.69) is 49.5 Å². The first-order valence-electron chi connectivity index (χ1n) is 8.18. The Morgan fingerprint density at radius 3 is 2.11 bits per heavy atom. The van der Waals surface area contributed by atoms with Gasteiger partial charge in [0, 0.05) is 11.7 Å². The molecule has 0 radical (unpaired) electrons. The highest BCUT2D eigenvalue weighted by atomic mass is 14.9. The third-order valence-corrected chi connectivity index (χ3v) is 3.79. The zero-order valence-electron chi connectivity index (χ0n) is 12.8. The molecule has 0 saturated carbocycles. The smallest absolute Gasteiger partial charge is 0.0342 e. The molecule has 0 fully saturated rings. The Balaban J connectivity index is 2.09. The fourth-order valence-electron chi connectivity index (χ4n) is 2.50. The van der Waals surface area contributed by atoms with Gasteiger partial charge in [0.1, 0.15) is 0 Å². The van der Waals surface area contributed by atoms with E-state index in [1.54, 1.807) is 0 Å². The Morgan fingerprint density at radius 2 is 1.47 bits per heavy atom. The van der Waals surface area contributed by atoms with Crippen molar-refractivity contribution in [2.75, 3.05) is 5.32 Å². The van der Waals surface area contributed by atoms with Crippen molar-refractivity contribution in [2.45, 2.75) is 77.7 Å². The van der Waals surface area contributed by atoms with Crippen LogP contribution in [0.4, 0.5) is 5.69 Å². The Morgan fingerprint density at radius 1 is 0.842 bits per heavy atom. The van der Waals surface area contributed by atoms with Crippen LogP contribution in [0.2, 0.25) is 0 Å². The molecule has 1 heteroatoms. The Labute approximate surface area is 119 Å². The maximum absolute atomic E-state index is 3.64. The zero-order valence-corrected chi connectivity index (χ0v) is 12.8. The fraction of sp³-hybridized carbons (Fsp3) is 0.667. The van der Waals surface area contributed by atoms with E-state index in [1.165, 1.54) is 63.5 Å². The highest BCUT2D eigenvalue weighted by Crippen LogP contribution is 2.15. The van der Waals surface area contributed by atoms with E-state index in [9.17, 15) is 0 Å². The van der Waals surface area contributed by atoms with Gasteiger partial charge < -0.3 is 5.32 Å². The molecular formula is C18H31N. The van der Waals surface area contributed by atoms with E-state index in [1.807, 2.05) is 0 Å². The molecule has 0 spiro atoms. The lowest BCUT2D eigenvalue weighted by Crippen LogP contribution is -2.18. The van der Waals surface area contributed by atoms with Crippen LogP contribution in [0.15, 0.2) is 30.3 Å². The highest BCUT2D eigenvalue weighted by Gasteiger charge is 2.05. The number of benzene rings is 1. The van der Waals surface area contributed by atoms with Crippen LogP contribution in [0.1, 0.15) is 71.6 Å². The van der Waals surface area contributed by atoms with Crippen molar-refractivity contribution in [1.29, 1.82) is 0 Å². The molecule has 1 aromatic rings. The maximum Gasteiger partial charge on any atom is 0.0342 e. The monoisotopic (exact) mass is 261 g/mol. The van der Waals surface area contributed by atoms with Crippen molar-refractivity contribution in [3.05, 3.63) is 30.3 Å². The van der Waals surface area contributed by atoms with Gasteiger partial charge in [0.25, 0.3) is 0 Å². The van der Waals surface area contributed by atoms with Gasteiger partial charge in [-0.3, -0.25) is 0 Å². The molecule has 0 aliphatic heterocycles. The molecule has 0 aromatic heterocycles. The highest BCUT2D eigenvalue weighted by molar-refractivity contribution is 5.43. The van der Waals surface area contributed by atoms with Gasteiger partial charge in [0.15, 0.2) is 0 Å². The topological polar surface area (TPSA) is 12.0 Å². The van der Waals surface area contributed by atoms with Crippen LogP contribution in [-0.4, -0.2) is 6.04 Å². The average Bonchev–Trinajstić information content (AvgIpc) is 2.46. The van der Waals surface area contributed by atoms with Crippen molar-refractivity contribution in [3.63, 3.8) is 0 Å². The summed E-state index contributed by atoms with van der Waals surface area (Å²) in [6, 6.07) is 11.2. The lowest BCUT2D eigenvalue weighted by molar-refractivity contribution is 0.538. The number of anilines is 1. The summed E-state index contributed by atoms with van der Waals surface area (Å²) in [5, 5.41) is 3.64. The van der Waals surface area contributed by atoms with Gasteiger partial charge in [0.2, 0.25) is 0 Å². The quantitative estimate of drug-likeness (QED) is 0.480. The molecule has 1 aromatic carbocycles. The molecule has 0 aliphatic carbocycles. The van der Waals surface area contributed by atoms with Crippen LogP contribution >= 0.6 is 0 Å². The van der Waals surface area contributed by atoms with E-state index in [-0.39, 0.29) is 0 Å². The minimum absolute atomic E-state index is 0.637. The van der Waals surface area contributed by atoms with Crippen LogP contribution in [0.5, 0.6) is 0 Å². The second kappa shape index (κ2) is 10.9. The molecule has 1 unspecified atom stereocenters. The van der Waals surface area contributed by atoms with E-state index in [0.29, 0.717) is 6.04 Å². The summed E-state index contributed by atoms with van der Waals surface area (Å²) in [6.45, 7) is 4.56. The molecule has 1 rings (SSSR count). The summed E-state index contributed by atoms with van der Waals surface area (Å²) in [7, 11) is 0. The molecule has 0 amide bonds. The van der Waals surface area contributed by atoms with Crippen LogP contribution < -0.4 is 5.32 Å². The maximum atomic E-state index is 3.64. The van der Waals surface area contributed by atoms with Crippen LogP contribution in [-0.2, 0) is 0 Å². The first kappa shape index (κ1) is 16.1. The Hall–Kier alpha value is -0.980. The van der Waals surface area contributed by atoms with E-state index < -0.39 is 0 Å². The van der Waals surface area contributed by atoms with Crippen molar-refractivity contribution < 1.29 is 0 Å². The number of para-hydroxylation sites is 1. The predicted molar refractivity (Wildman–Crippen MR) is 86.8 cm³/mol. The van der Waals surface area contributed by atoms with Gasteiger partial charge in [-0.1, -0.05) is 77.0 Å². The van der Waals surface area contributed by atoms with Crippen LogP contribution in [0.25, 0.3) is 0 Å². The van der Waals surface area contributed by atoms with E-state index in [4.69, 9.17) is 0 Å². The standard InChI is InChI=1S/C18H31N/c1-3-5-6-7-8-9-11-14-17(4-2)19-18-15-12-10-13-16-18/h10,12-13,15-17,19H,3-9,11,14H2,1-2H3. The number of rotatable bonds is 11. The summed E-state index contributed by atoms with van der Waals surface area (Å²) in [5.74, 6) is 0. The summed E-state index contributed by atoms with van der Waals surface area (Å²) < 4.78 is 0. The molecule has 19 heavy (non-hydrogen) atoms. The first-order valence-corrected chi connectivity index (χ1v) is 8.18. The molecule has 108 valence electrons. The van der Waals surface area contributed by atoms with Crippen LogP contribution in [0.3, 0.4) is 0 Å². The minimum atomic E-state index is 0.637. The summed E-state index contributed by atoms with van der Waals surface area (Å²) >= 11 is 0. The summed E-state index contributed by atoms with van der Waals surface area (Å²) in [4.78, 5) is 0. The van der Waals surface area contributed by atoms with Gasteiger partial charge in [0.05, 0.1) is 0 Å². The first-order chi connectivity index (χ1) is 9.36. The van der Waals surface area contributed by atoms with Gasteiger partial charge in [-0.05, 0) is 25.0 Å². The fourth-order valence-corrected chi connectivity index (χ4v) is 2.50. The molecule has 0 heterocycles. The third kappa shape index (κ3) is 7.92. The third-order valence-electron chi connectivity index (χ3n) is 3.79. The molecule has 0 bridgehead atoms. The van der Waals surface area contributed by atoms with Crippen molar-refractivity contribution in [2.24, 2.45) is 0 Å². The van der Waals surface area contributed by atoms with Crippen molar-refractivity contribution in [1.82, 2.24) is 0 Å². The Kier molecular flexibility index (Phi) is 9.22. The predicted octanol–water partition coefficient (Wildman–Crippen LogP) is 6.02. The van der Waals surface area contributed by atoms with Crippen LogP contribution in [0, 0.1) is 0 Å². The summed E-state index contributed by atoms with van der Waals surface area (Å²) in [5.41, 5.74) is 1.26. The van der Waals surface area contributed by atoms with Gasteiger partial charge in [-0.2, -0.15) is 0 Å². The molecule has 1 N–H and O–H groups in total. The van der Waals surface area contributed by atoms with Gasteiger partial charge in [-0.15, -0.1) is 0 Å². The number of nitrogens with one attached hydrogen (secondary N) is 1. The average molecular weight is 261 g/mol. The number of unbranched alkanes of at least 4 members (excludes halogenated alkanes) is 6. The number of hydrogen-bond acceptors (Lipinski definition) is 1. The normalized spacial score (nSPS) is 12.3. The Bertz CT molecular complexity index is 294. The SMILES string of the molecule is CCCCCCCCCC(CC)Nc1ccccc1. The minimum Gasteiger partial charge on any atom is -0.382 e. The van der Waals surface area contributed by atoms with E-state index in [0.717, 1.165) is 0 Å². The van der Waals surface area contributed by atoms with Gasteiger partial charge in [-0.25, -0.2) is 0 Å². The molecule has 1 nitrogen and oxygen atoms in total. The molecule has 1 atom stereocenters. The molecule has 0 aliphatic rings. The lowest BCUT2D eigenvalue weighted by Gasteiger charge is -2.18. The van der Waals surface area contributed by atoms with Crippen molar-refractivity contribution in [3.8, 4) is 0 Å². The zero-order chi connectivity index (χ0) is 13.8.